The summed E-state index contributed by atoms with van der Waals surface area (Å²) in [5.74, 6) is 0.686. The van der Waals surface area contributed by atoms with Crippen molar-refractivity contribution in [2.24, 2.45) is 5.92 Å². The van der Waals surface area contributed by atoms with Crippen LogP contribution in [0.1, 0.15) is 40.2 Å². The molecule has 1 rings (SSSR count). The van der Waals surface area contributed by atoms with Crippen molar-refractivity contribution in [2.45, 2.75) is 50.9 Å². The fraction of sp³-hybridized carbons (Fsp3) is 0.643. The minimum Gasteiger partial charge on any atom is -0.312 e. The topological polar surface area (TPSA) is 24.9 Å². The number of rotatable bonds is 5. The lowest BCUT2D eigenvalue weighted by Crippen LogP contribution is -2.20. The maximum atomic E-state index is 4.48. The van der Waals surface area contributed by atoms with Gasteiger partial charge in [0, 0.05) is 17.5 Å². The maximum absolute atomic E-state index is 4.48. The van der Waals surface area contributed by atoms with Crippen molar-refractivity contribution in [1.82, 2.24) is 10.3 Å². The average Bonchev–Trinajstić information content (AvgIpc) is 2.17. The Balaban J connectivity index is 2.64. The van der Waals surface area contributed by atoms with E-state index in [0.717, 1.165) is 18.1 Å². The van der Waals surface area contributed by atoms with Crippen LogP contribution in [0, 0.1) is 5.92 Å². The van der Waals surface area contributed by atoms with Gasteiger partial charge in [0.1, 0.15) is 5.03 Å². The summed E-state index contributed by atoms with van der Waals surface area (Å²) in [4.78, 5) is 4.48. The Bertz CT molecular complexity index is 342. The van der Waals surface area contributed by atoms with Crippen LogP contribution in [-0.4, -0.2) is 16.3 Å². The predicted molar refractivity (Wildman–Crippen MR) is 76.4 cm³/mol. The molecule has 2 nitrogen and oxygen atoms in total. The van der Waals surface area contributed by atoms with Crippen molar-refractivity contribution in [3.05, 3.63) is 23.9 Å². The van der Waals surface area contributed by atoms with Gasteiger partial charge in [-0.05, 0) is 24.1 Å². The van der Waals surface area contributed by atoms with Gasteiger partial charge in [-0.15, -0.1) is 11.8 Å². The second-order valence-electron chi connectivity index (χ2n) is 5.71. The van der Waals surface area contributed by atoms with Crippen LogP contribution in [0.2, 0.25) is 0 Å². The summed E-state index contributed by atoms with van der Waals surface area (Å²) < 4.78 is 0.209. The number of thioether (sulfide) groups is 1. The van der Waals surface area contributed by atoms with Crippen LogP contribution in [-0.2, 0) is 6.54 Å². The van der Waals surface area contributed by atoms with Crippen LogP contribution >= 0.6 is 11.8 Å². The summed E-state index contributed by atoms with van der Waals surface area (Å²) in [7, 11) is 0. The second-order valence-corrected chi connectivity index (χ2v) is 7.52. The standard InChI is InChI=1S/C14H24N2S/c1-11(2)9-15-10-12-7-6-8-16-13(12)17-14(3,4)5/h6-8,11,15H,9-10H2,1-5H3. The average molecular weight is 252 g/mol. The third-order valence-electron chi connectivity index (χ3n) is 2.12. The summed E-state index contributed by atoms with van der Waals surface area (Å²) in [6.45, 7) is 13.1. The van der Waals surface area contributed by atoms with Crippen LogP contribution in [0.25, 0.3) is 0 Å². The van der Waals surface area contributed by atoms with Gasteiger partial charge in [0.2, 0.25) is 0 Å². The van der Waals surface area contributed by atoms with Crippen molar-refractivity contribution in [3.8, 4) is 0 Å². The highest BCUT2D eigenvalue weighted by molar-refractivity contribution is 8.00. The predicted octanol–water partition coefficient (Wildman–Crippen LogP) is 3.72. The monoisotopic (exact) mass is 252 g/mol. The molecule has 0 atom stereocenters. The highest BCUT2D eigenvalue weighted by atomic mass is 32.2. The van der Waals surface area contributed by atoms with Crippen LogP contribution in [0.4, 0.5) is 0 Å². The van der Waals surface area contributed by atoms with Crippen molar-refractivity contribution < 1.29 is 0 Å². The third-order valence-corrected chi connectivity index (χ3v) is 3.29. The second kappa shape index (κ2) is 6.41. The first-order valence-corrected chi connectivity index (χ1v) is 7.04. The Morgan fingerprint density at radius 3 is 2.65 bits per heavy atom. The SMILES string of the molecule is CC(C)CNCc1cccnc1SC(C)(C)C. The molecule has 3 heteroatoms. The molecule has 96 valence electrons. The summed E-state index contributed by atoms with van der Waals surface area (Å²) in [6, 6.07) is 4.17. The first kappa shape index (κ1) is 14.5. The largest absolute Gasteiger partial charge is 0.312 e. The lowest BCUT2D eigenvalue weighted by molar-refractivity contribution is 0.548. The van der Waals surface area contributed by atoms with Crippen molar-refractivity contribution in [2.75, 3.05) is 6.54 Å². The molecular formula is C14H24N2S. The zero-order chi connectivity index (χ0) is 12.9. The zero-order valence-electron chi connectivity index (χ0n) is 11.6. The van der Waals surface area contributed by atoms with Crippen LogP contribution in [0.15, 0.2) is 23.4 Å². The van der Waals surface area contributed by atoms with E-state index in [0.29, 0.717) is 5.92 Å². The van der Waals surface area contributed by atoms with E-state index in [1.807, 2.05) is 24.0 Å². The van der Waals surface area contributed by atoms with E-state index in [2.05, 4.69) is 51.0 Å². The van der Waals surface area contributed by atoms with Crippen molar-refractivity contribution in [1.29, 1.82) is 0 Å². The first-order chi connectivity index (χ1) is 7.88. The van der Waals surface area contributed by atoms with Crippen LogP contribution < -0.4 is 5.32 Å². The molecule has 0 aromatic carbocycles. The number of nitrogens with zero attached hydrogens (tertiary/aromatic N) is 1. The Hall–Kier alpha value is -0.540. The molecule has 0 spiro atoms. The molecule has 0 fully saturated rings. The Morgan fingerprint density at radius 1 is 1.35 bits per heavy atom. The van der Waals surface area contributed by atoms with Gasteiger partial charge in [-0.25, -0.2) is 4.98 Å². The lowest BCUT2D eigenvalue weighted by Gasteiger charge is -2.19. The van der Waals surface area contributed by atoms with Gasteiger partial charge < -0.3 is 5.32 Å². The van der Waals surface area contributed by atoms with E-state index in [9.17, 15) is 0 Å². The minimum absolute atomic E-state index is 0.209. The molecule has 0 amide bonds. The Kier molecular flexibility index (Phi) is 5.47. The Morgan fingerprint density at radius 2 is 2.06 bits per heavy atom. The fourth-order valence-electron chi connectivity index (χ4n) is 1.44. The first-order valence-electron chi connectivity index (χ1n) is 6.22. The molecule has 17 heavy (non-hydrogen) atoms. The van der Waals surface area contributed by atoms with Gasteiger partial charge in [-0.1, -0.05) is 40.7 Å². The van der Waals surface area contributed by atoms with Gasteiger partial charge in [0.15, 0.2) is 0 Å². The normalized spacial score (nSPS) is 12.1. The van der Waals surface area contributed by atoms with E-state index >= 15 is 0 Å². The number of aromatic nitrogens is 1. The van der Waals surface area contributed by atoms with Crippen molar-refractivity contribution >= 4 is 11.8 Å². The number of pyridine rings is 1. The molecule has 0 aliphatic rings. The van der Waals surface area contributed by atoms with Gasteiger partial charge in [0.05, 0.1) is 0 Å². The van der Waals surface area contributed by atoms with Crippen LogP contribution in [0.5, 0.6) is 0 Å². The van der Waals surface area contributed by atoms with Gasteiger partial charge in [0.25, 0.3) is 0 Å². The summed E-state index contributed by atoms with van der Waals surface area (Å²) in [6.07, 6.45) is 1.88. The quantitative estimate of drug-likeness (QED) is 0.809. The molecule has 0 aliphatic heterocycles. The molecule has 1 aromatic rings. The molecule has 0 radical (unpaired) electrons. The molecule has 0 aliphatic carbocycles. The molecule has 0 saturated heterocycles. The molecule has 0 unspecified atom stereocenters. The minimum atomic E-state index is 0.209. The molecule has 1 N–H and O–H groups in total. The van der Waals surface area contributed by atoms with E-state index in [4.69, 9.17) is 0 Å². The van der Waals surface area contributed by atoms with Gasteiger partial charge in [-0.2, -0.15) is 0 Å². The maximum Gasteiger partial charge on any atom is 0.101 e. The van der Waals surface area contributed by atoms with Gasteiger partial charge in [-0.3, -0.25) is 0 Å². The molecule has 1 heterocycles. The highest BCUT2D eigenvalue weighted by Crippen LogP contribution is 2.32. The van der Waals surface area contributed by atoms with Crippen LogP contribution in [0.3, 0.4) is 0 Å². The number of nitrogens with one attached hydrogen (secondary N) is 1. The van der Waals surface area contributed by atoms with E-state index in [1.54, 1.807) is 0 Å². The van der Waals surface area contributed by atoms with Crippen molar-refractivity contribution in [3.63, 3.8) is 0 Å². The number of hydrogen-bond donors (Lipinski definition) is 1. The smallest absolute Gasteiger partial charge is 0.101 e. The summed E-state index contributed by atoms with van der Waals surface area (Å²) >= 11 is 1.84. The Labute approximate surface area is 110 Å². The van der Waals surface area contributed by atoms with E-state index in [1.165, 1.54) is 5.56 Å². The molecular weight excluding hydrogens is 228 g/mol. The van der Waals surface area contributed by atoms with E-state index < -0.39 is 0 Å². The highest BCUT2D eigenvalue weighted by Gasteiger charge is 2.15. The fourth-order valence-corrected chi connectivity index (χ4v) is 2.40. The number of hydrogen-bond acceptors (Lipinski definition) is 3. The summed E-state index contributed by atoms with van der Waals surface area (Å²) in [5.41, 5.74) is 1.30. The molecule has 0 bridgehead atoms. The van der Waals surface area contributed by atoms with Gasteiger partial charge >= 0.3 is 0 Å². The summed E-state index contributed by atoms with van der Waals surface area (Å²) in [5, 5.41) is 4.62. The third kappa shape index (κ3) is 6.08. The zero-order valence-corrected chi connectivity index (χ0v) is 12.4. The molecule has 1 aromatic heterocycles. The van der Waals surface area contributed by atoms with E-state index in [-0.39, 0.29) is 4.75 Å². The molecule has 0 saturated carbocycles. The lowest BCUT2D eigenvalue weighted by atomic mass is 10.2.